The van der Waals surface area contributed by atoms with Gasteiger partial charge in [-0.3, -0.25) is 0 Å². The third-order valence-corrected chi connectivity index (χ3v) is 6.26. The van der Waals surface area contributed by atoms with Crippen LogP contribution in [0.2, 0.25) is 10.0 Å². The van der Waals surface area contributed by atoms with Gasteiger partial charge < -0.3 is 5.11 Å². The smallest absolute Gasteiger partial charge is 0.244 e. The van der Waals surface area contributed by atoms with Gasteiger partial charge in [0.05, 0.1) is 10.6 Å². The zero-order valence-electron chi connectivity index (χ0n) is 10.0. The van der Waals surface area contributed by atoms with Gasteiger partial charge in [-0.05, 0) is 37.0 Å². The second-order valence-electron chi connectivity index (χ2n) is 5.23. The lowest BCUT2D eigenvalue weighted by Crippen LogP contribution is -2.64. The third-order valence-electron chi connectivity index (χ3n) is 3.75. The number of halogens is 2. The Labute approximate surface area is 122 Å². The van der Waals surface area contributed by atoms with Gasteiger partial charge in [0, 0.05) is 18.1 Å². The molecule has 2 aliphatic rings. The molecule has 1 saturated carbocycles. The van der Waals surface area contributed by atoms with Crippen molar-refractivity contribution >= 4 is 33.2 Å². The summed E-state index contributed by atoms with van der Waals surface area (Å²) in [6.07, 6.45) is 1.95. The lowest BCUT2D eigenvalue weighted by atomic mass is 9.91. The third kappa shape index (κ3) is 2.28. The van der Waals surface area contributed by atoms with Gasteiger partial charge in [-0.25, -0.2) is 8.42 Å². The first-order valence-corrected chi connectivity index (χ1v) is 8.20. The highest BCUT2D eigenvalue weighted by Gasteiger charge is 2.55. The lowest BCUT2D eigenvalue weighted by molar-refractivity contribution is -0.0764. The quantitative estimate of drug-likeness (QED) is 0.927. The fourth-order valence-electron chi connectivity index (χ4n) is 2.43. The molecule has 1 saturated heterocycles. The van der Waals surface area contributed by atoms with E-state index in [9.17, 15) is 13.5 Å². The van der Waals surface area contributed by atoms with Gasteiger partial charge in [0.15, 0.2) is 0 Å². The molecular formula is C12H13Cl2NO3S. The number of rotatable bonds is 3. The van der Waals surface area contributed by atoms with E-state index in [-0.39, 0.29) is 28.9 Å². The molecule has 1 aromatic carbocycles. The first-order valence-electron chi connectivity index (χ1n) is 6.00. The van der Waals surface area contributed by atoms with Crippen molar-refractivity contribution in [3.05, 3.63) is 28.2 Å². The summed E-state index contributed by atoms with van der Waals surface area (Å²) >= 11 is 11.7. The maximum Gasteiger partial charge on any atom is 0.244 e. The minimum Gasteiger partial charge on any atom is -0.387 e. The predicted octanol–water partition coefficient (Wildman–Crippen LogP) is 2.14. The largest absolute Gasteiger partial charge is 0.387 e. The van der Waals surface area contributed by atoms with Gasteiger partial charge in [-0.15, -0.1) is 0 Å². The molecule has 0 atom stereocenters. The highest BCUT2D eigenvalue weighted by molar-refractivity contribution is 7.89. The number of hydrogen-bond donors (Lipinski definition) is 1. The Morgan fingerprint density at radius 1 is 1.26 bits per heavy atom. The predicted molar refractivity (Wildman–Crippen MR) is 72.9 cm³/mol. The van der Waals surface area contributed by atoms with E-state index < -0.39 is 15.6 Å². The number of benzene rings is 1. The summed E-state index contributed by atoms with van der Waals surface area (Å²) in [4.78, 5) is -0.000450. The second kappa shape index (κ2) is 4.33. The van der Waals surface area contributed by atoms with Gasteiger partial charge in [-0.2, -0.15) is 4.31 Å². The van der Waals surface area contributed by atoms with Crippen LogP contribution in [-0.2, 0) is 10.0 Å². The molecule has 0 aromatic heterocycles. The maximum atomic E-state index is 12.4. The van der Waals surface area contributed by atoms with Crippen LogP contribution < -0.4 is 0 Å². The van der Waals surface area contributed by atoms with Gasteiger partial charge in [0.25, 0.3) is 0 Å². The van der Waals surface area contributed by atoms with Crippen molar-refractivity contribution in [1.29, 1.82) is 0 Å². The Bertz CT molecular complexity index is 622. The molecule has 1 aliphatic carbocycles. The van der Waals surface area contributed by atoms with E-state index >= 15 is 0 Å². The van der Waals surface area contributed by atoms with E-state index in [1.807, 2.05) is 0 Å². The first-order chi connectivity index (χ1) is 8.83. The van der Waals surface area contributed by atoms with Gasteiger partial charge in [-0.1, -0.05) is 23.2 Å². The van der Waals surface area contributed by atoms with Crippen molar-refractivity contribution in [3.63, 3.8) is 0 Å². The average Bonchev–Trinajstić information content (AvgIpc) is 3.12. The molecular weight excluding hydrogens is 309 g/mol. The molecule has 0 spiro atoms. The molecule has 4 nitrogen and oxygen atoms in total. The molecule has 2 fully saturated rings. The Balaban J connectivity index is 1.86. The Hall–Kier alpha value is -0.330. The van der Waals surface area contributed by atoms with Crippen molar-refractivity contribution in [2.45, 2.75) is 23.3 Å². The van der Waals surface area contributed by atoms with Gasteiger partial charge in [0.1, 0.15) is 4.90 Å². The van der Waals surface area contributed by atoms with Crippen LogP contribution in [-0.4, -0.2) is 36.5 Å². The van der Waals surface area contributed by atoms with Gasteiger partial charge >= 0.3 is 0 Å². The average molecular weight is 322 g/mol. The minimum absolute atomic E-state index is 0.000450. The van der Waals surface area contributed by atoms with E-state index in [1.54, 1.807) is 6.07 Å². The number of sulfonamides is 1. The van der Waals surface area contributed by atoms with Crippen LogP contribution in [0.25, 0.3) is 0 Å². The number of aliphatic hydroxyl groups is 1. The molecule has 0 amide bonds. The summed E-state index contributed by atoms with van der Waals surface area (Å²) in [5.74, 6) is 0.244. The fraction of sp³-hybridized carbons (Fsp3) is 0.500. The summed E-state index contributed by atoms with van der Waals surface area (Å²) in [6.45, 7) is 0.283. The molecule has 7 heteroatoms. The van der Waals surface area contributed by atoms with Crippen LogP contribution in [0.4, 0.5) is 0 Å². The Kier molecular flexibility index (Phi) is 3.11. The van der Waals surface area contributed by atoms with Crippen molar-refractivity contribution in [2.75, 3.05) is 13.1 Å². The molecule has 19 heavy (non-hydrogen) atoms. The molecule has 0 bridgehead atoms. The van der Waals surface area contributed by atoms with Crippen molar-refractivity contribution < 1.29 is 13.5 Å². The summed E-state index contributed by atoms with van der Waals surface area (Å²) in [5.41, 5.74) is -0.849. The SMILES string of the molecule is O=S(=O)(c1cc(Cl)ccc1Cl)N1CC(O)(C2CC2)C1. The van der Waals surface area contributed by atoms with E-state index in [2.05, 4.69) is 0 Å². The van der Waals surface area contributed by atoms with Crippen molar-refractivity contribution in [3.8, 4) is 0 Å². The van der Waals surface area contributed by atoms with E-state index in [1.165, 1.54) is 16.4 Å². The highest BCUT2D eigenvalue weighted by Crippen LogP contribution is 2.46. The van der Waals surface area contributed by atoms with Crippen molar-refractivity contribution in [2.24, 2.45) is 5.92 Å². The van der Waals surface area contributed by atoms with E-state index in [0.29, 0.717) is 5.02 Å². The summed E-state index contributed by atoms with van der Waals surface area (Å²) in [6, 6.07) is 4.34. The molecule has 1 aliphatic heterocycles. The van der Waals surface area contributed by atoms with E-state index in [4.69, 9.17) is 23.2 Å². The molecule has 3 rings (SSSR count). The fourth-order valence-corrected chi connectivity index (χ4v) is 4.73. The Morgan fingerprint density at radius 2 is 1.89 bits per heavy atom. The van der Waals surface area contributed by atoms with E-state index in [0.717, 1.165) is 12.8 Å². The molecule has 104 valence electrons. The van der Waals surface area contributed by atoms with Crippen LogP contribution in [0.15, 0.2) is 23.1 Å². The first kappa shape index (κ1) is 13.6. The standard InChI is InChI=1S/C12H13Cl2NO3S/c13-9-3-4-10(14)11(5-9)19(17,18)15-6-12(16,7-15)8-1-2-8/h3-5,8,16H,1-2,6-7H2. The Morgan fingerprint density at radius 3 is 2.47 bits per heavy atom. The summed E-state index contributed by atoms with van der Waals surface area (Å²) in [5, 5.41) is 10.7. The van der Waals surface area contributed by atoms with Crippen LogP contribution in [0, 0.1) is 5.92 Å². The topological polar surface area (TPSA) is 57.6 Å². The molecule has 1 N–H and O–H groups in total. The molecule has 1 heterocycles. The second-order valence-corrected chi connectivity index (χ2v) is 7.98. The highest BCUT2D eigenvalue weighted by atomic mass is 35.5. The number of β-amino-alcohol motifs (C(OH)–C–C–N with tert-alkyl or cyclic N) is 1. The van der Waals surface area contributed by atoms with Crippen LogP contribution in [0.5, 0.6) is 0 Å². The van der Waals surface area contributed by atoms with Crippen LogP contribution >= 0.6 is 23.2 Å². The van der Waals surface area contributed by atoms with Crippen LogP contribution in [0.1, 0.15) is 12.8 Å². The zero-order valence-corrected chi connectivity index (χ0v) is 12.3. The number of nitrogens with zero attached hydrogens (tertiary/aromatic N) is 1. The maximum absolute atomic E-state index is 12.4. The summed E-state index contributed by atoms with van der Waals surface area (Å²) < 4.78 is 26.0. The minimum atomic E-state index is -3.68. The molecule has 1 aromatic rings. The normalized spacial score (nSPS) is 23.1. The zero-order chi connectivity index (χ0) is 13.8. The molecule has 0 radical (unpaired) electrons. The lowest BCUT2D eigenvalue weighted by Gasteiger charge is -2.45. The van der Waals surface area contributed by atoms with Crippen LogP contribution in [0.3, 0.4) is 0 Å². The summed E-state index contributed by atoms with van der Waals surface area (Å²) in [7, 11) is -3.68. The number of hydrogen-bond acceptors (Lipinski definition) is 3. The molecule has 0 unspecified atom stereocenters. The van der Waals surface area contributed by atoms with Gasteiger partial charge in [0.2, 0.25) is 10.0 Å². The van der Waals surface area contributed by atoms with Crippen molar-refractivity contribution in [1.82, 2.24) is 4.31 Å². The monoisotopic (exact) mass is 321 g/mol.